The van der Waals surface area contributed by atoms with Crippen LogP contribution in [0.1, 0.15) is 23.4 Å². The van der Waals surface area contributed by atoms with Gasteiger partial charge in [-0.3, -0.25) is 4.90 Å². The van der Waals surface area contributed by atoms with E-state index in [1.54, 1.807) is 24.4 Å². The average Bonchev–Trinajstić information content (AvgIpc) is 3.27. The first-order chi connectivity index (χ1) is 19.5. The zero-order valence-corrected chi connectivity index (χ0v) is 22.3. The van der Waals surface area contributed by atoms with E-state index in [4.69, 9.17) is 26.1 Å². The Morgan fingerprint density at radius 3 is 2.62 bits per heavy atom. The molecule has 2 aliphatic heterocycles. The number of benzene rings is 1. The van der Waals surface area contributed by atoms with Gasteiger partial charge in [-0.15, -0.1) is 0 Å². The molecule has 9 nitrogen and oxygen atoms in total. The second-order valence-corrected chi connectivity index (χ2v) is 10.3. The van der Waals surface area contributed by atoms with Gasteiger partial charge in [-0.25, -0.2) is 18.7 Å². The van der Waals surface area contributed by atoms with Crippen LogP contribution in [0, 0.1) is 23.0 Å². The van der Waals surface area contributed by atoms with Gasteiger partial charge >= 0.3 is 0 Å². The maximum Gasteiger partial charge on any atom is 0.252 e. The minimum absolute atomic E-state index is 0.141. The molecule has 0 aliphatic carbocycles. The lowest BCUT2D eigenvalue weighted by Crippen LogP contribution is -2.46. The highest BCUT2D eigenvalue weighted by molar-refractivity contribution is 6.30. The number of fused-ring (bicyclic) bond motifs is 1. The van der Waals surface area contributed by atoms with Gasteiger partial charge in [-0.1, -0.05) is 17.7 Å². The lowest BCUT2D eigenvalue weighted by Gasteiger charge is -2.35. The summed E-state index contributed by atoms with van der Waals surface area (Å²) in [7, 11) is 0. The molecule has 40 heavy (non-hydrogen) atoms. The Balaban J connectivity index is 1.12. The highest BCUT2D eigenvalue weighted by Crippen LogP contribution is 2.25. The molecule has 0 unspecified atom stereocenters. The Morgan fingerprint density at radius 1 is 1.07 bits per heavy atom. The predicted octanol–water partition coefficient (Wildman–Crippen LogP) is 4.32. The lowest BCUT2D eigenvalue weighted by molar-refractivity contribution is -0.0592. The van der Waals surface area contributed by atoms with Gasteiger partial charge < -0.3 is 18.9 Å². The van der Waals surface area contributed by atoms with Crippen molar-refractivity contribution in [1.82, 2.24) is 24.4 Å². The number of rotatable bonds is 8. The third kappa shape index (κ3) is 5.56. The molecule has 0 amide bonds. The average molecular weight is 566 g/mol. The van der Waals surface area contributed by atoms with Gasteiger partial charge in [0.2, 0.25) is 0 Å². The van der Waals surface area contributed by atoms with Crippen LogP contribution in [-0.2, 0) is 24.4 Å². The maximum atomic E-state index is 14.4. The summed E-state index contributed by atoms with van der Waals surface area (Å²) in [5.74, 6) is 0.168. The normalized spacial score (nSPS) is 17.6. The number of ether oxygens (including phenoxy) is 2. The molecule has 206 valence electrons. The quantitative estimate of drug-likeness (QED) is 0.312. The summed E-state index contributed by atoms with van der Waals surface area (Å²) in [6.45, 7) is 4.73. The number of anilines is 1. The molecule has 4 aromatic rings. The summed E-state index contributed by atoms with van der Waals surface area (Å²) in [6, 6.07) is 11.1. The van der Waals surface area contributed by atoms with Crippen molar-refractivity contribution in [3.8, 4) is 11.9 Å². The number of aromatic nitrogens is 4. The second-order valence-electron chi connectivity index (χ2n) is 9.84. The third-order valence-corrected chi connectivity index (χ3v) is 7.45. The molecule has 2 saturated heterocycles. The number of hydrogen-bond donors (Lipinski definition) is 0. The number of hydrogen-bond acceptors (Lipinski definition) is 8. The van der Waals surface area contributed by atoms with E-state index in [1.165, 1.54) is 18.2 Å². The van der Waals surface area contributed by atoms with Crippen LogP contribution in [-0.4, -0.2) is 63.3 Å². The SMILES string of the molecule is N#Cc1cnc2c(c1)nc(CN1CCN(c3ccc(F)c(OCc4ccc(Cl)cc4F)n3)CC1)n2C[C@@H]1CCO1. The first kappa shape index (κ1) is 26.4. The van der Waals surface area contributed by atoms with Crippen LogP contribution < -0.4 is 9.64 Å². The topological polar surface area (TPSA) is 92.3 Å². The standard InChI is InChI=1S/C28H26ClF2N7O2/c29-20-2-1-19(23(31)12-20)17-40-28-22(30)3-4-25(35-28)37-8-6-36(7-9-37)16-26-34-24-11-18(13-32)14-33-27(24)38(26)15-21-5-10-39-21/h1-4,11-12,14,21H,5-10,15-17H2/t21-/m0/s1. The van der Waals surface area contributed by atoms with E-state index in [1.807, 2.05) is 0 Å². The Bertz CT molecular complexity index is 1580. The van der Waals surface area contributed by atoms with Crippen molar-refractivity contribution in [1.29, 1.82) is 5.26 Å². The van der Waals surface area contributed by atoms with E-state index in [9.17, 15) is 14.0 Å². The highest BCUT2D eigenvalue weighted by Gasteiger charge is 2.25. The van der Waals surface area contributed by atoms with Crippen molar-refractivity contribution in [2.24, 2.45) is 0 Å². The van der Waals surface area contributed by atoms with Crippen LogP contribution in [0.5, 0.6) is 5.88 Å². The summed E-state index contributed by atoms with van der Waals surface area (Å²) in [5.41, 5.74) is 2.20. The predicted molar refractivity (Wildman–Crippen MR) is 144 cm³/mol. The highest BCUT2D eigenvalue weighted by atomic mass is 35.5. The number of piperazine rings is 1. The van der Waals surface area contributed by atoms with Gasteiger partial charge in [0.05, 0.1) is 24.8 Å². The van der Waals surface area contributed by atoms with Gasteiger partial charge in [0.25, 0.3) is 5.88 Å². The lowest BCUT2D eigenvalue weighted by atomic mass is 10.2. The molecule has 12 heteroatoms. The molecule has 1 aromatic carbocycles. The molecular weight excluding hydrogens is 540 g/mol. The molecule has 2 aliphatic rings. The zero-order chi connectivity index (χ0) is 27.6. The van der Waals surface area contributed by atoms with E-state index >= 15 is 0 Å². The van der Waals surface area contributed by atoms with Gasteiger partial charge in [0, 0.05) is 49.6 Å². The van der Waals surface area contributed by atoms with E-state index in [-0.39, 0.29) is 29.2 Å². The van der Waals surface area contributed by atoms with E-state index < -0.39 is 11.6 Å². The molecule has 2 fully saturated rings. The Kier molecular flexibility index (Phi) is 7.47. The summed E-state index contributed by atoms with van der Waals surface area (Å²) in [4.78, 5) is 18.1. The van der Waals surface area contributed by atoms with Gasteiger partial charge in [0.15, 0.2) is 11.5 Å². The summed E-state index contributed by atoms with van der Waals surface area (Å²) in [6.07, 6.45) is 2.71. The minimum atomic E-state index is -0.612. The van der Waals surface area contributed by atoms with Crippen LogP contribution in [0.15, 0.2) is 42.6 Å². The van der Waals surface area contributed by atoms with E-state index in [0.29, 0.717) is 43.1 Å². The first-order valence-electron chi connectivity index (χ1n) is 13.0. The van der Waals surface area contributed by atoms with Crippen molar-refractivity contribution in [3.63, 3.8) is 0 Å². The van der Waals surface area contributed by atoms with Crippen LogP contribution >= 0.6 is 11.6 Å². The maximum absolute atomic E-state index is 14.4. The smallest absolute Gasteiger partial charge is 0.252 e. The van der Waals surface area contributed by atoms with Gasteiger partial charge in [-0.2, -0.15) is 10.2 Å². The van der Waals surface area contributed by atoms with Crippen LogP contribution in [0.25, 0.3) is 11.2 Å². The number of halogens is 3. The van der Waals surface area contributed by atoms with E-state index in [2.05, 4.69) is 30.4 Å². The number of pyridine rings is 2. The summed E-state index contributed by atoms with van der Waals surface area (Å²) in [5, 5.41) is 9.55. The fraction of sp³-hybridized carbons (Fsp3) is 0.357. The van der Waals surface area contributed by atoms with Crippen molar-refractivity contribution in [2.45, 2.75) is 32.2 Å². The monoisotopic (exact) mass is 565 g/mol. The zero-order valence-electron chi connectivity index (χ0n) is 21.6. The fourth-order valence-electron chi connectivity index (χ4n) is 4.87. The molecule has 0 radical (unpaired) electrons. The van der Waals surface area contributed by atoms with Crippen molar-refractivity contribution in [3.05, 3.63) is 76.2 Å². The fourth-order valence-corrected chi connectivity index (χ4v) is 5.03. The molecule has 0 N–H and O–H groups in total. The molecule has 0 bridgehead atoms. The Morgan fingerprint density at radius 2 is 1.90 bits per heavy atom. The van der Waals surface area contributed by atoms with Crippen LogP contribution in [0.4, 0.5) is 14.6 Å². The molecule has 0 saturated carbocycles. The largest absolute Gasteiger partial charge is 0.471 e. The Hall–Kier alpha value is -3.85. The molecular formula is C28H26ClF2N7O2. The van der Waals surface area contributed by atoms with Crippen LogP contribution in [0.3, 0.4) is 0 Å². The van der Waals surface area contributed by atoms with Crippen molar-refractivity contribution in [2.75, 3.05) is 37.7 Å². The van der Waals surface area contributed by atoms with Crippen molar-refractivity contribution < 1.29 is 18.3 Å². The molecule has 1 atom stereocenters. The molecule has 6 rings (SSSR count). The number of nitrogens with zero attached hydrogens (tertiary/aromatic N) is 7. The minimum Gasteiger partial charge on any atom is -0.471 e. The first-order valence-corrected chi connectivity index (χ1v) is 13.4. The summed E-state index contributed by atoms with van der Waals surface area (Å²) >= 11 is 5.80. The molecule has 0 spiro atoms. The third-order valence-electron chi connectivity index (χ3n) is 7.21. The number of nitriles is 1. The van der Waals surface area contributed by atoms with Crippen molar-refractivity contribution >= 4 is 28.6 Å². The Labute approximate surface area is 234 Å². The molecule has 3 aromatic heterocycles. The van der Waals surface area contributed by atoms with Crippen LogP contribution in [0.2, 0.25) is 5.02 Å². The van der Waals surface area contributed by atoms with Gasteiger partial charge in [0.1, 0.15) is 35.7 Å². The summed E-state index contributed by atoms with van der Waals surface area (Å²) < 4.78 is 41.8. The number of imidazole rings is 1. The van der Waals surface area contributed by atoms with Gasteiger partial charge in [-0.05, 0) is 36.8 Å². The molecule has 5 heterocycles. The van der Waals surface area contributed by atoms with E-state index in [0.717, 1.165) is 37.6 Å². The second kappa shape index (κ2) is 11.3.